The highest BCUT2D eigenvalue weighted by Gasteiger charge is 2.28. The lowest BCUT2D eigenvalue weighted by Crippen LogP contribution is -2.18. The number of fused-ring (bicyclic) bond motifs is 3. The zero-order valence-electron chi connectivity index (χ0n) is 18.6. The fourth-order valence-electron chi connectivity index (χ4n) is 4.70. The first kappa shape index (κ1) is 21.0. The number of anilines is 1. The Morgan fingerprint density at radius 1 is 1.31 bits per heavy atom. The largest absolute Gasteiger partial charge is 0.334 e. The quantitative estimate of drug-likeness (QED) is 0.459. The molecule has 0 spiro atoms. The van der Waals surface area contributed by atoms with Gasteiger partial charge in [0.2, 0.25) is 0 Å². The molecule has 6 nitrogen and oxygen atoms in total. The monoisotopic (exact) mass is 449 g/mol. The third kappa shape index (κ3) is 3.88. The summed E-state index contributed by atoms with van der Waals surface area (Å²) in [6, 6.07) is 5.99. The van der Waals surface area contributed by atoms with E-state index in [2.05, 4.69) is 52.4 Å². The lowest BCUT2D eigenvalue weighted by Gasteiger charge is -2.25. The minimum atomic E-state index is 0.420. The van der Waals surface area contributed by atoms with Crippen LogP contribution in [0.4, 0.5) is 5.69 Å². The van der Waals surface area contributed by atoms with Crippen molar-refractivity contribution in [3.8, 4) is 11.3 Å². The molecule has 1 N–H and O–H groups in total. The molecule has 3 aromatic rings. The molecule has 0 radical (unpaired) electrons. The molecule has 1 aliphatic carbocycles. The highest BCUT2D eigenvalue weighted by atomic mass is 35.5. The van der Waals surface area contributed by atoms with E-state index in [1.54, 1.807) is 0 Å². The maximum atomic E-state index is 6.38. The van der Waals surface area contributed by atoms with Gasteiger partial charge >= 0.3 is 0 Å². The first-order valence-electron chi connectivity index (χ1n) is 11.5. The van der Waals surface area contributed by atoms with Crippen molar-refractivity contribution in [2.75, 3.05) is 4.90 Å². The van der Waals surface area contributed by atoms with Gasteiger partial charge < -0.3 is 9.42 Å². The Hall–Kier alpha value is -2.86. The Labute approximate surface area is 193 Å². The molecule has 1 saturated carbocycles. The zero-order valence-corrected chi connectivity index (χ0v) is 19.3. The number of nitrogens with one attached hydrogen (secondary N) is 1. The lowest BCUT2D eigenvalue weighted by molar-refractivity contribution is 0.394. The van der Waals surface area contributed by atoms with Crippen molar-refractivity contribution in [3.05, 3.63) is 64.7 Å². The summed E-state index contributed by atoms with van der Waals surface area (Å²) in [5.41, 5.74) is 6.28. The second kappa shape index (κ2) is 8.94. The number of benzene rings is 1. The summed E-state index contributed by atoms with van der Waals surface area (Å²) in [5, 5.41) is 12.5. The molecule has 2 aromatic heterocycles. The highest BCUT2D eigenvalue weighted by Crippen LogP contribution is 2.42. The van der Waals surface area contributed by atoms with Crippen LogP contribution < -0.4 is 4.90 Å². The summed E-state index contributed by atoms with van der Waals surface area (Å²) in [6.07, 6.45) is 13.8. The van der Waals surface area contributed by atoms with Gasteiger partial charge in [0.1, 0.15) is 0 Å². The average Bonchev–Trinajstić information content (AvgIpc) is 3.56. The zero-order chi connectivity index (χ0) is 22.1. The number of hydrogen-bond acceptors (Lipinski definition) is 5. The van der Waals surface area contributed by atoms with E-state index in [9.17, 15) is 0 Å². The number of nitrogens with zero attached hydrogens (tertiary/aromatic N) is 4. The van der Waals surface area contributed by atoms with Gasteiger partial charge in [0.15, 0.2) is 5.82 Å². The number of allylic oxidation sites excluding steroid dienone is 3. The molecule has 1 aromatic carbocycles. The van der Waals surface area contributed by atoms with Gasteiger partial charge in [0.25, 0.3) is 5.89 Å². The van der Waals surface area contributed by atoms with Crippen molar-refractivity contribution in [2.45, 2.75) is 64.7 Å². The molecule has 0 saturated heterocycles. The molecule has 166 valence electrons. The molecule has 7 heteroatoms. The van der Waals surface area contributed by atoms with E-state index in [0.717, 1.165) is 65.3 Å². The lowest BCUT2D eigenvalue weighted by atomic mass is 10.0. The molecule has 5 rings (SSSR count). The third-order valence-electron chi connectivity index (χ3n) is 6.48. The Kier molecular flexibility index (Phi) is 5.87. The van der Waals surface area contributed by atoms with Crippen molar-refractivity contribution >= 4 is 22.9 Å². The van der Waals surface area contributed by atoms with Crippen molar-refractivity contribution in [2.24, 2.45) is 0 Å². The Balaban J connectivity index is 1.64. The van der Waals surface area contributed by atoms with Gasteiger partial charge in [0, 0.05) is 46.0 Å². The molecular weight excluding hydrogens is 422 g/mol. The van der Waals surface area contributed by atoms with Gasteiger partial charge in [-0.05, 0) is 44.4 Å². The summed E-state index contributed by atoms with van der Waals surface area (Å²) < 4.78 is 5.77. The van der Waals surface area contributed by atoms with E-state index in [1.807, 2.05) is 18.3 Å². The van der Waals surface area contributed by atoms with Crippen LogP contribution in [0.5, 0.6) is 0 Å². The van der Waals surface area contributed by atoms with Crippen LogP contribution in [-0.4, -0.2) is 20.3 Å². The molecule has 0 bridgehead atoms. The maximum Gasteiger partial charge on any atom is 0.255 e. The number of H-pyrrole nitrogens is 1. The molecule has 1 aliphatic heterocycles. The fourth-order valence-corrected chi connectivity index (χ4v) is 4.87. The Morgan fingerprint density at radius 2 is 2.16 bits per heavy atom. The molecule has 3 heterocycles. The van der Waals surface area contributed by atoms with Gasteiger partial charge in [-0.25, -0.2) is 0 Å². The summed E-state index contributed by atoms with van der Waals surface area (Å²) in [5.74, 6) is 1.86. The highest BCUT2D eigenvalue weighted by molar-refractivity contribution is 6.31. The van der Waals surface area contributed by atoms with Crippen molar-refractivity contribution in [3.63, 3.8) is 0 Å². The second-order valence-electron chi connectivity index (χ2n) is 8.66. The molecule has 32 heavy (non-hydrogen) atoms. The van der Waals surface area contributed by atoms with E-state index in [4.69, 9.17) is 21.1 Å². The third-order valence-corrected chi connectivity index (χ3v) is 6.71. The van der Waals surface area contributed by atoms with Gasteiger partial charge in [-0.3, -0.25) is 5.10 Å². The smallest absolute Gasteiger partial charge is 0.255 e. The Morgan fingerprint density at radius 3 is 2.97 bits per heavy atom. The minimum absolute atomic E-state index is 0.420. The molecule has 0 amide bonds. The predicted octanol–water partition coefficient (Wildman–Crippen LogP) is 6.88. The number of unbranched alkanes of at least 4 members (excludes halogenated alkanes) is 1. The predicted molar refractivity (Wildman–Crippen MR) is 127 cm³/mol. The van der Waals surface area contributed by atoms with Crippen LogP contribution in [0.25, 0.3) is 16.8 Å². The van der Waals surface area contributed by atoms with Crippen LogP contribution in [0.2, 0.25) is 5.02 Å². The summed E-state index contributed by atoms with van der Waals surface area (Å²) >= 11 is 6.38. The molecule has 1 fully saturated rings. The SMILES string of the molecule is CCC/C=C/N1/C(=C(\C)c2nc(C3CCCC3)no2)Cc2cn[nH]c2-c2cc(Cl)ccc21. The molecule has 0 unspecified atom stereocenters. The van der Waals surface area contributed by atoms with E-state index < -0.39 is 0 Å². The topological polar surface area (TPSA) is 70.8 Å². The van der Waals surface area contributed by atoms with Crippen LogP contribution in [0.1, 0.15) is 75.6 Å². The van der Waals surface area contributed by atoms with Crippen molar-refractivity contribution in [1.82, 2.24) is 20.3 Å². The normalized spacial score (nSPS) is 18.2. The number of aromatic amines is 1. The van der Waals surface area contributed by atoms with Crippen LogP contribution in [0.3, 0.4) is 0 Å². The van der Waals surface area contributed by atoms with Gasteiger partial charge in [-0.15, -0.1) is 0 Å². The average molecular weight is 450 g/mol. The van der Waals surface area contributed by atoms with Gasteiger partial charge in [-0.2, -0.15) is 10.1 Å². The number of rotatable bonds is 5. The van der Waals surface area contributed by atoms with Gasteiger partial charge in [-0.1, -0.05) is 49.0 Å². The number of hydrogen-bond donors (Lipinski definition) is 1. The molecule has 0 atom stereocenters. The van der Waals surface area contributed by atoms with Gasteiger partial charge in [0.05, 0.1) is 17.6 Å². The van der Waals surface area contributed by atoms with Crippen molar-refractivity contribution in [1.29, 1.82) is 0 Å². The van der Waals surface area contributed by atoms with Crippen LogP contribution in [0, 0.1) is 0 Å². The summed E-state index contributed by atoms with van der Waals surface area (Å²) in [4.78, 5) is 7.05. The first-order valence-corrected chi connectivity index (χ1v) is 11.8. The number of aromatic nitrogens is 4. The van der Waals surface area contributed by atoms with E-state index >= 15 is 0 Å². The second-order valence-corrected chi connectivity index (χ2v) is 9.10. The first-order chi connectivity index (χ1) is 15.7. The van der Waals surface area contributed by atoms with E-state index in [1.165, 1.54) is 12.8 Å². The standard InChI is InChI=1S/C25H28ClN5O/c1-3-4-7-12-31-21-11-10-19(26)14-20(21)23-18(15-27-29-23)13-22(31)16(2)25-28-24(30-32-25)17-8-5-6-9-17/h7,10-12,14-15,17H,3-6,8-9,13H2,1-2H3,(H,27,29)/b12-7+,22-16+. The van der Waals surface area contributed by atoms with Crippen molar-refractivity contribution < 1.29 is 4.52 Å². The van der Waals surface area contributed by atoms with Crippen LogP contribution in [-0.2, 0) is 6.42 Å². The maximum absolute atomic E-state index is 6.38. The van der Waals surface area contributed by atoms with E-state index in [0.29, 0.717) is 23.3 Å². The summed E-state index contributed by atoms with van der Waals surface area (Å²) in [6.45, 7) is 4.25. The fraction of sp³-hybridized carbons (Fsp3) is 0.400. The summed E-state index contributed by atoms with van der Waals surface area (Å²) in [7, 11) is 0. The van der Waals surface area contributed by atoms with Crippen LogP contribution in [0.15, 0.2) is 46.9 Å². The van der Waals surface area contributed by atoms with Crippen LogP contribution >= 0.6 is 11.6 Å². The minimum Gasteiger partial charge on any atom is -0.334 e. The molecular formula is C25H28ClN5O. The number of halogens is 1. The van der Waals surface area contributed by atoms with E-state index in [-0.39, 0.29) is 0 Å². The Bertz CT molecular complexity index is 1170. The molecule has 2 aliphatic rings.